The first-order valence-electron chi connectivity index (χ1n) is 10.1. The molecule has 3 aromatic rings. The SMILES string of the molecule is Cc1ccc(C(=O)c2ccccc2C(=O)N2CCN(c3cccc(O)c3)CC2)cc1. The highest BCUT2D eigenvalue weighted by Crippen LogP contribution is 2.23. The number of phenols is 1. The maximum atomic E-state index is 13.2. The van der Waals surface area contributed by atoms with Crippen LogP contribution in [0.3, 0.4) is 0 Å². The molecular weight excluding hydrogens is 376 g/mol. The van der Waals surface area contributed by atoms with Crippen molar-refractivity contribution >= 4 is 17.4 Å². The third-order valence-corrected chi connectivity index (χ3v) is 5.48. The van der Waals surface area contributed by atoms with E-state index in [1.807, 2.05) is 31.2 Å². The number of carbonyl (C=O) groups excluding carboxylic acids is 2. The Morgan fingerprint density at radius 2 is 1.47 bits per heavy atom. The van der Waals surface area contributed by atoms with Gasteiger partial charge in [0.25, 0.3) is 5.91 Å². The summed E-state index contributed by atoms with van der Waals surface area (Å²) in [6, 6.07) is 21.6. The second kappa shape index (κ2) is 8.41. The number of nitrogens with zero attached hydrogens (tertiary/aromatic N) is 2. The Balaban J connectivity index is 1.51. The molecule has 0 aromatic heterocycles. The summed E-state index contributed by atoms with van der Waals surface area (Å²) in [5, 5.41) is 9.70. The Labute approximate surface area is 176 Å². The van der Waals surface area contributed by atoms with E-state index in [0.29, 0.717) is 42.9 Å². The molecule has 30 heavy (non-hydrogen) atoms. The lowest BCUT2D eigenvalue weighted by Crippen LogP contribution is -2.49. The van der Waals surface area contributed by atoms with Crippen LogP contribution < -0.4 is 4.90 Å². The number of hydrogen-bond acceptors (Lipinski definition) is 4. The number of aryl methyl sites for hydroxylation is 1. The first-order valence-corrected chi connectivity index (χ1v) is 10.1. The summed E-state index contributed by atoms with van der Waals surface area (Å²) in [5.74, 6) is -0.0338. The second-order valence-electron chi connectivity index (χ2n) is 7.54. The average Bonchev–Trinajstić information content (AvgIpc) is 2.79. The van der Waals surface area contributed by atoms with E-state index in [9.17, 15) is 14.7 Å². The molecule has 1 saturated heterocycles. The van der Waals surface area contributed by atoms with Crippen LogP contribution in [0.25, 0.3) is 0 Å². The maximum Gasteiger partial charge on any atom is 0.254 e. The predicted molar refractivity (Wildman–Crippen MR) is 117 cm³/mol. The molecule has 1 heterocycles. The van der Waals surface area contributed by atoms with Crippen molar-refractivity contribution in [2.75, 3.05) is 31.1 Å². The number of amides is 1. The van der Waals surface area contributed by atoms with Crippen LogP contribution in [-0.4, -0.2) is 47.9 Å². The summed E-state index contributed by atoms with van der Waals surface area (Å²) < 4.78 is 0. The number of carbonyl (C=O) groups is 2. The van der Waals surface area contributed by atoms with Crippen molar-refractivity contribution in [1.82, 2.24) is 4.90 Å². The zero-order chi connectivity index (χ0) is 21.1. The molecule has 0 atom stereocenters. The number of piperazine rings is 1. The lowest BCUT2D eigenvalue weighted by molar-refractivity contribution is 0.0742. The fourth-order valence-electron chi connectivity index (χ4n) is 3.76. The van der Waals surface area contributed by atoms with Gasteiger partial charge in [-0.05, 0) is 25.1 Å². The number of anilines is 1. The Bertz CT molecular complexity index is 1070. The summed E-state index contributed by atoms with van der Waals surface area (Å²) in [6.45, 7) is 4.43. The third-order valence-electron chi connectivity index (χ3n) is 5.48. The van der Waals surface area contributed by atoms with Gasteiger partial charge in [0.05, 0.1) is 5.56 Å². The highest BCUT2D eigenvalue weighted by atomic mass is 16.3. The molecule has 0 spiro atoms. The predicted octanol–water partition coefficient (Wildman–Crippen LogP) is 3.89. The first-order chi connectivity index (χ1) is 14.5. The molecule has 0 bridgehead atoms. The van der Waals surface area contributed by atoms with Crippen LogP contribution in [0.2, 0.25) is 0 Å². The minimum absolute atomic E-state index is 0.123. The van der Waals surface area contributed by atoms with Gasteiger partial charge in [0.2, 0.25) is 0 Å². The third kappa shape index (κ3) is 4.06. The Hall–Kier alpha value is -3.60. The minimum Gasteiger partial charge on any atom is -0.508 e. The molecule has 1 aliphatic rings. The van der Waals surface area contributed by atoms with Crippen molar-refractivity contribution in [3.05, 3.63) is 95.1 Å². The molecule has 1 amide bonds. The molecule has 152 valence electrons. The van der Waals surface area contributed by atoms with E-state index in [1.54, 1.807) is 53.4 Å². The quantitative estimate of drug-likeness (QED) is 0.675. The summed E-state index contributed by atoms with van der Waals surface area (Å²) in [4.78, 5) is 30.2. The topological polar surface area (TPSA) is 60.9 Å². The van der Waals surface area contributed by atoms with Crippen molar-refractivity contribution in [3.63, 3.8) is 0 Å². The van der Waals surface area contributed by atoms with E-state index >= 15 is 0 Å². The molecule has 0 aliphatic carbocycles. The Kier molecular flexibility index (Phi) is 5.53. The van der Waals surface area contributed by atoms with Gasteiger partial charge >= 0.3 is 0 Å². The molecule has 5 heteroatoms. The van der Waals surface area contributed by atoms with Crippen molar-refractivity contribution < 1.29 is 14.7 Å². The van der Waals surface area contributed by atoms with E-state index in [2.05, 4.69) is 4.90 Å². The van der Waals surface area contributed by atoms with Gasteiger partial charge in [0.15, 0.2) is 5.78 Å². The van der Waals surface area contributed by atoms with Gasteiger partial charge in [0.1, 0.15) is 5.75 Å². The number of rotatable bonds is 4. The molecule has 0 unspecified atom stereocenters. The summed E-state index contributed by atoms with van der Waals surface area (Å²) in [7, 11) is 0. The average molecular weight is 400 g/mol. The highest BCUT2D eigenvalue weighted by molar-refractivity contribution is 6.15. The van der Waals surface area contributed by atoms with Gasteiger partial charge in [-0.2, -0.15) is 0 Å². The number of hydrogen-bond donors (Lipinski definition) is 1. The zero-order valence-corrected chi connectivity index (χ0v) is 16.9. The van der Waals surface area contributed by atoms with Crippen molar-refractivity contribution in [2.45, 2.75) is 6.92 Å². The van der Waals surface area contributed by atoms with Gasteiger partial charge in [-0.1, -0.05) is 54.1 Å². The number of phenolic OH excluding ortho intramolecular Hbond substituents is 1. The van der Waals surface area contributed by atoms with E-state index in [0.717, 1.165) is 11.3 Å². The standard InChI is InChI=1S/C25H24N2O3/c1-18-9-11-19(12-10-18)24(29)22-7-2-3-8-23(22)25(30)27-15-13-26(14-16-27)20-5-4-6-21(28)17-20/h2-12,17,28H,13-16H2,1H3. The van der Waals surface area contributed by atoms with Crippen LogP contribution in [0.15, 0.2) is 72.8 Å². The first kappa shape index (κ1) is 19.7. The summed E-state index contributed by atoms with van der Waals surface area (Å²) in [5.41, 5.74) is 3.47. The fourth-order valence-corrected chi connectivity index (χ4v) is 3.76. The largest absolute Gasteiger partial charge is 0.508 e. The zero-order valence-electron chi connectivity index (χ0n) is 16.9. The Morgan fingerprint density at radius 1 is 0.800 bits per heavy atom. The monoisotopic (exact) mass is 400 g/mol. The Morgan fingerprint density at radius 3 is 2.13 bits per heavy atom. The van der Waals surface area contributed by atoms with E-state index in [-0.39, 0.29) is 17.4 Å². The molecular formula is C25H24N2O3. The number of benzene rings is 3. The maximum absolute atomic E-state index is 13.2. The molecule has 0 radical (unpaired) electrons. The van der Waals surface area contributed by atoms with Crippen LogP contribution >= 0.6 is 0 Å². The van der Waals surface area contributed by atoms with Gasteiger partial charge in [-0.25, -0.2) is 0 Å². The van der Waals surface area contributed by atoms with Crippen LogP contribution in [0.4, 0.5) is 5.69 Å². The van der Waals surface area contributed by atoms with Gasteiger partial charge in [-0.3, -0.25) is 9.59 Å². The molecule has 0 saturated carbocycles. The van der Waals surface area contributed by atoms with Crippen LogP contribution in [0, 0.1) is 6.92 Å². The van der Waals surface area contributed by atoms with Gasteiger partial charge in [0, 0.05) is 49.1 Å². The second-order valence-corrected chi connectivity index (χ2v) is 7.54. The normalized spacial score (nSPS) is 13.9. The van der Waals surface area contributed by atoms with Crippen LogP contribution in [-0.2, 0) is 0 Å². The van der Waals surface area contributed by atoms with Gasteiger partial charge in [-0.15, -0.1) is 0 Å². The molecule has 1 fully saturated rings. The molecule has 1 aliphatic heterocycles. The summed E-state index contributed by atoms with van der Waals surface area (Å²) >= 11 is 0. The van der Waals surface area contributed by atoms with Gasteiger partial charge < -0.3 is 14.9 Å². The number of aromatic hydroxyl groups is 1. The smallest absolute Gasteiger partial charge is 0.254 e. The molecule has 3 aromatic carbocycles. The van der Waals surface area contributed by atoms with Crippen LogP contribution in [0.1, 0.15) is 31.8 Å². The molecule has 4 rings (SSSR count). The van der Waals surface area contributed by atoms with Crippen molar-refractivity contribution in [2.24, 2.45) is 0 Å². The minimum atomic E-state index is -0.141. The van der Waals surface area contributed by atoms with Crippen LogP contribution in [0.5, 0.6) is 5.75 Å². The fraction of sp³-hybridized carbons (Fsp3) is 0.200. The summed E-state index contributed by atoms with van der Waals surface area (Å²) in [6.07, 6.45) is 0. The highest BCUT2D eigenvalue weighted by Gasteiger charge is 2.26. The van der Waals surface area contributed by atoms with E-state index in [1.165, 1.54) is 0 Å². The lowest BCUT2D eigenvalue weighted by Gasteiger charge is -2.36. The van der Waals surface area contributed by atoms with E-state index < -0.39 is 0 Å². The van der Waals surface area contributed by atoms with Crippen molar-refractivity contribution in [3.8, 4) is 5.75 Å². The molecule has 1 N–H and O–H groups in total. The number of ketones is 1. The van der Waals surface area contributed by atoms with Crippen molar-refractivity contribution in [1.29, 1.82) is 0 Å². The van der Waals surface area contributed by atoms with E-state index in [4.69, 9.17) is 0 Å². The lowest BCUT2D eigenvalue weighted by atomic mass is 9.97. The molecule has 5 nitrogen and oxygen atoms in total.